The fourth-order valence-corrected chi connectivity index (χ4v) is 7.76. The number of likely N-dealkylation sites (tertiary alicyclic amines) is 1. The lowest BCUT2D eigenvalue weighted by atomic mass is 9.88. The first kappa shape index (κ1) is 36.8. The van der Waals surface area contributed by atoms with Gasteiger partial charge in [0.15, 0.2) is 6.23 Å². The number of rotatable bonds is 11. The van der Waals surface area contributed by atoms with Gasteiger partial charge in [-0.15, -0.1) is 5.10 Å². The number of hydrogen-bond acceptors (Lipinski definition) is 6. The zero-order chi connectivity index (χ0) is 36.8. The van der Waals surface area contributed by atoms with Crippen molar-refractivity contribution in [3.8, 4) is 5.88 Å². The van der Waals surface area contributed by atoms with Crippen LogP contribution in [0.2, 0.25) is 0 Å². The third kappa shape index (κ3) is 9.34. The number of benzene rings is 2. The van der Waals surface area contributed by atoms with E-state index in [0.29, 0.717) is 59.8 Å². The summed E-state index contributed by atoms with van der Waals surface area (Å²) >= 11 is 0. The molecule has 1 saturated carbocycles. The summed E-state index contributed by atoms with van der Waals surface area (Å²) in [6, 6.07) is 17.1. The Kier molecular flexibility index (Phi) is 11.5. The molecule has 7 rings (SSSR count). The summed E-state index contributed by atoms with van der Waals surface area (Å²) in [5.41, 5.74) is 2.11. The predicted molar refractivity (Wildman–Crippen MR) is 195 cm³/mol. The van der Waals surface area contributed by atoms with Crippen molar-refractivity contribution in [3.63, 3.8) is 0 Å². The maximum atomic E-state index is 15.4. The number of nitrogens with zero attached hydrogens (tertiary/aromatic N) is 4. The van der Waals surface area contributed by atoms with Crippen LogP contribution < -0.4 is 10.1 Å². The van der Waals surface area contributed by atoms with E-state index in [4.69, 9.17) is 9.47 Å². The summed E-state index contributed by atoms with van der Waals surface area (Å²) in [7, 11) is 0. The lowest BCUT2D eigenvalue weighted by molar-refractivity contribution is -0.123. The number of halogens is 4. The molecule has 280 valence electrons. The number of amides is 1. The molecule has 0 spiro atoms. The van der Waals surface area contributed by atoms with Crippen LogP contribution in [0.15, 0.2) is 79.0 Å². The topological polar surface area (TPSA) is 81.5 Å². The number of carbonyl (C=O) groups excluding carboxylic acids is 1. The number of fused-ring (bicyclic) bond motifs is 1. The third-order valence-electron chi connectivity index (χ3n) is 10.3. The number of ether oxygens (including phenoxy) is 2. The molecule has 2 aromatic heterocycles. The minimum Gasteiger partial charge on any atom is -0.473 e. The first-order chi connectivity index (χ1) is 25.7. The fraction of sp³-hybridized carbons (Fsp3) is 0.439. The van der Waals surface area contributed by atoms with E-state index < -0.39 is 24.8 Å². The Labute approximate surface area is 306 Å². The predicted octanol–water partition coefficient (Wildman–Crippen LogP) is 8.64. The van der Waals surface area contributed by atoms with Crippen molar-refractivity contribution < 1.29 is 31.8 Å². The van der Waals surface area contributed by atoms with Gasteiger partial charge in [-0.1, -0.05) is 55.3 Å². The van der Waals surface area contributed by atoms with Crippen molar-refractivity contribution in [2.75, 3.05) is 26.2 Å². The van der Waals surface area contributed by atoms with Gasteiger partial charge in [0.05, 0.1) is 17.3 Å². The lowest BCUT2D eigenvalue weighted by Crippen LogP contribution is -2.41. The van der Waals surface area contributed by atoms with Crippen molar-refractivity contribution in [2.45, 2.75) is 88.8 Å². The number of alkyl halides is 3. The van der Waals surface area contributed by atoms with E-state index in [1.54, 1.807) is 66.7 Å². The minimum absolute atomic E-state index is 0.0456. The molecule has 2 aliphatic heterocycles. The second-order valence-electron chi connectivity index (χ2n) is 14.2. The van der Waals surface area contributed by atoms with Crippen LogP contribution in [0.1, 0.15) is 87.1 Å². The van der Waals surface area contributed by atoms with Gasteiger partial charge in [0.1, 0.15) is 6.10 Å². The largest absolute Gasteiger partial charge is 0.473 e. The summed E-state index contributed by atoms with van der Waals surface area (Å²) in [5, 5.41) is 7.41. The van der Waals surface area contributed by atoms with Crippen LogP contribution in [-0.4, -0.2) is 70.1 Å². The Morgan fingerprint density at radius 1 is 0.943 bits per heavy atom. The molecule has 53 heavy (non-hydrogen) atoms. The van der Waals surface area contributed by atoms with Gasteiger partial charge in [-0.25, -0.2) is 9.67 Å². The quantitative estimate of drug-likeness (QED) is 0.0946. The van der Waals surface area contributed by atoms with Crippen LogP contribution in [-0.2, 0) is 9.53 Å². The van der Waals surface area contributed by atoms with Gasteiger partial charge in [0, 0.05) is 49.6 Å². The molecule has 4 aromatic rings. The van der Waals surface area contributed by atoms with Crippen molar-refractivity contribution in [1.82, 2.24) is 25.0 Å². The zero-order valence-electron chi connectivity index (χ0n) is 29.7. The number of aromatic nitrogens is 3. The molecule has 12 heteroatoms. The summed E-state index contributed by atoms with van der Waals surface area (Å²) in [4.78, 5) is 19.1. The molecule has 8 nitrogen and oxygen atoms in total. The summed E-state index contributed by atoms with van der Waals surface area (Å²) < 4.78 is 72.0. The molecule has 2 aromatic carbocycles. The van der Waals surface area contributed by atoms with E-state index in [-0.39, 0.29) is 29.0 Å². The Morgan fingerprint density at radius 2 is 1.74 bits per heavy atom. The molecular weight excluding hydrogens is 686 g/mol. The number of nitrogens with one attached hydrogen (secondary N) is 1. The maximum absolute atomic E-state index is 15.4. The highest BCUT2D eigenvalue weighted by Gasteiger charge is 2.32. The van der Waals surface area contributed by atoms with Gasteiger partial charge < -0.3 is 14.8 Å². The van der Waals surface area contributed by atoms with Gasteiger partial charge in [0.2, 0.25) is 17.7 Å². The fourth-order valence-electron chi connectivity index (χ4n) is 7.76. The third-order valence-corrected chi connectivity index (χ3v) is 10.3. The molecule has 1 N–H and O–H groups in total. The highest BCUT2D eigenvalue weighted by Crippen LogP contribution is 2.41. The van der Waals surface area contributed by atoms with Crippen LogP contribution in [0.4, 0.5) is 17.6 Å². The SMILES string of the molecule is O=C(/C=C/CN1CCC[C@@H](Oc2ccc(/C(=C(/CC(F)(F)F)c3ccccc3)c3ccc4c(c3)c(F)nn4C3CCCCO3)cn2)C1)NC1CCCC1. The van der Waals surface area contributed by atoms with Crippen LogP contribution in [0.5, 0.6) is 5.88 Å². The Hall–Kier alpha value is -4.55. The number of pyridine rings is 1. The van der Waals surface area contributed by atoms with Gasteiger partial charge in [-0.3, -0.25) is 9.69 Å². The normalized spacial score (nSPS) is 20.9. The van der Waals surface area contributed by atoms with E-state index in [1.807, 2.05) is 6.08 Å². The summed E-state index contributed by atoms with van der Waals surface area (Å²) in [5.74, 6) is -0.406. The van der Waals surface area contributed by atoms with Gasteiger partial charge >= 0.3 is 6.18 Å². The molecule has 1 aliphatic carbocycles. The van der Waals surface area contributed by atoms with Crippen LogP contribution in [0.25, 0.3) is 22.0 Å². The van der Waals surface area contributed by atoms with Gasteiger partial charge in [-0.05, 0) is 92.0 Å². The second kappa shape index (κ2) is 16.6. The van der Waals surface area contributed by atoms with Crippen LogP contribution >= 0.6 is 0 Å². The van der Waals surface area contributed by atoms with E-state index in [1.165, 1.54) is 10.9 Å². The van der Waals surface area contributed by atoms with E-state index in [9.17, 15) is 18.0 Å². The molecule has 3 fully saturated rings. The first-order valence-electron chi connectivity index (χ1n) is 18.7. The first-order valence-corrected chi connectivity index (χ1v) is 18.7. The molecule has 2 atom stereocenters. The molecular formula is C41H45F4N5O3. The van der Waals surface area contributed by atoms with Crippen molar-refractivity contribution in [1.29, 1.82) is 0 Å². The molecule has 2 saturated heterocycles. The van der Waals surface area contributed by atoms with Crippen molar-refractivity contribution >= 4 is 28.0 Å². The average Bonchev–Trinajstić information content (AvgIpc) is 3.79. The highest BCUT2D eigenvalue weighted by atomic mass is 19.4. The Bertz CT molecular complexity index is 1910. The average molecular weight is 732 g/mol. The van der Waals surface area contributed by atoms with Crippen LogP contribution in [0, 0.1) is 5.95 Å². The smallest absolute Gasteiger partial charge is 0.393 e. The van der Waals surface area contributed by atoms with E-state index in [2.05, 4.69) is 20.3 Å². The van der Waals surface area contributed by atoms with Crippen molar-refractivity contribution in [3.05, 3.63) is 102 Å². The Morgan fingerprint density at radius 3 is 2.47 bits per heavy atom. The Balaban J connectivity index is 1.14. The van der Waals surface area contributed by atoms with Crippen molar-refractivity contribution in [2.24, 2.45) is 0 Å². The summed E-state index contributed by atoms with van der Waals surface area (Å²) in [6.07, 6.45) is 7.45. The van der Waals surface area contributed by atoms with Gasteiger partial charge in [-0.2, -0.15) is 17.6 Å². The minimum atomic E-state index is -4.52. The molecule has 1 amide bonds. The number of carbonyl (C=O) groups is 1. The maximum Gasteiger partial charge on any atom is 0.393 e. The number of hydrogen-bond donors (Lipinski definition) is 1. The molecule has 3 aliphatic rings. The van der Waals surface area contributed by atoms with Gasteiger partial charge in [0.25, 0.3) is 0 Å². The molecule has 1 unspecified atom stereocenters. The zero-order valence-corrected chi connectivity index (χ0v) is 29.7. The lowest BCUT2D eigenvalue weighted by Gasteiger charge is -2.31. The monoisotopic (exact) mass is 731 g/mol. The van der Waals surface area contributed by atoms with E-state index >= 15 is 4.39 Å². The molecule has 4 heterocycles. The standard InChI is InChI=1S/C41H45F4N5O3/c42-40-33-24-29(17-19-35(33)50(48-40)38-16-6-7-23-52-38)39(34(25-41(43,44)45)28-10-2-1-3-11-28)30-18-20-37(46-26-30)53-32-14-8-21-49(27-32)22-9-15-36(51)47-31-12-4-5-13-31/h1-3,9-11,15,17-20,24,26,31-32,38H,4-8,12-14,16,21-23,25,27H2,(H,47,51)/b15-9+,39-34-/t32-,38?/m1/s1. The number of allylic oxidation sites excluding steroid dienone is 1. The number of piperidine rings is 1. The van der Waals surface area contributed by atoms with Crippen LogP contribution in [0.3, 0.4) is 0 Å². The second-order valence-corrected chi connectivity index (χ2v) is 14.2. The molecule has 0 radical (unpaired) electrons. The molecule has 0 bridgehead atoms. The highest BCUT2D eigenvalue weighted by molar-refractivity contribution is 6.00. The summed E-state index contributed by atoms with van der Waals surface area (Å²) in [6.45, 7) is 2.71. The van der Waals surface area contributed by atoms with E-state index in [0.717, 1.165) is 57.9 Å².